The first-order valence-electron chi connectivity index (χ1n) is 11.5. The number of nitrogens with zero attached hydrogens (tertiary/aromatic N) is 1. The van der Waals surface area contributed by atoms with Gasteiger partial charge in [-0.1, -0.05) is 81.4 Å². The molecule has 0 aliphatic heterocycles. The average Bonchev–Trinajstić information content (AvgIpc) is 3.21. The summed E-state index contributed by atoms with van der Waals surface area (Å²) in [6, 6.07) is 27.7. The fourth-order valence-electron chi connectivity index (χ4n) is 4.49. The largest absolute Gasteiger partial charge is 0.456 e. The molecule has 3 aromatic carbocycles. The van der Waals surface area contributed by atoms with E-state index in [0.717, 1.165) is 28.0 Å². The van der Waals surface area contributed by atoms with Gasteiger partial charge in [0.05, 0.1) is 5.69 Å². The zero-order valence-electron chi connectivity index (χ0n) is 19.9. The number of fused-ring (bicyclic) bond motifs is 1. The van der Waals surface area contributed by atoms with Crippen LogP contribution >= 0.6 is 0 Å². The standard InChI is InChI=1S/C31H29NO/c1-20-14-26(31(3,4)5)15-21(2)30(20)29-17-25-19-32-27(18-28(25)33-29)24-13-9-12-23(16-24)22-10-7-6-8-11-22/h6-19H,1-5H3. The van der Waals surface area contributed by atoms with Crippen molar-refractivity contribution in [2.45, 2.75) is 40.0 Å². The minimum absolute atomic E-state index is 0.120. The van der Waals surface area contributed by atoms with Crippen LogP contribution in [0.15, 0.2) is 89.5 Å². The molecule has 2 heteroatoms. The van der Waals surface area contributed by atoms with Crippen LogP contribution in [0.4, 0.5) is 0 Å². The molecule has 33 heavy (non-hydrogen) atoms. The summed E-state index contributed by atoms with van der Waals surface area (Å²) < 4.78 is 6.38. The number of pyridine rings is 1. The summed E-state index contributed by atoms with van der Waals surface area (Å²) in [7, 11) is 0. The van der Waals surface area contributed by atoms with E-state index in [1.54, 1.807) is 0 Å². The van der Waals surface area contributed by atoms with Crippen molar-refractivity contribution >= 4 is 11.0 Å². The van der Waals surface area contributed by atoms with Crippen LogP contribution in [-0.4, -0.2) is 4.98 Å². The Labute approximate surface area is 195 Å². The smallest absolute Gasteiger partial charge is 0.138 e. The number of aryl methyl sites for hydroxylation is 2. The molecule has 5 aromatic rings. The van der Waals surface area contributed by atoms with E-state index in [-0.39, 0.29) is 5.41 Å². The molecule has 0 aliphatic carbocycles. The molecule has 2 heterocycles. The van der Waals surface area contributed by atoms with Crippen molar-refractivity contribution in [3.8, 4) is 33.7 Å². The molecule has 0 atom stereocenters. The molecule has 0 fully saturated rings. The molecule has 0 aliphatic rings. The number of hydrogen-bond acceptors (Lipinski definition) is 2. The molecule has 0 bridgehead atoms. The average molecular weight is 432 g/mol. The van der Waals surface area contributed by atoms with E-state index >= 15 is 0 Å². The van der Waals surface area contributed by atoms with Gasteiger partial charge in [-0.25, -0.2) is 0 Å². The van der Waals surface area contributed by atoms with Crippen LogP contribution < -0.4 is 0 Å². The molecule has 164 valence electrons. The summed E-state index contributed by atoms with van der Waals surface area (Å²) in [6.07, 6.45) is 1.92. The molecule has 0 N–H and O–H groups in total. The number of furan rings is 1. The number of benzene rings is 3. The Morgan fingerprint density at radius 1 is 0.697 bits per heavy atom. The predicted octanol–water partition coefficient (Wildman–Crippen LogP) is 8.74. The molecule has 5 rings (SSSR count). The Bertz CT molecular complexity index is 1430. The van der Waals surface area contributed by atoms with Crippen LogP contribution in [0.5, 0.6) is 0 Å². The lowest BCUT2D eigenvalue weighted by molar-refractivity contribution is 0.588. The maximum absolute atomic E-state index is 6.38. The van der Waals surface area contributed by atoms with Gasteiger partial charge in [0.1, 0.15) is 11.3 Å². The van der Waals surface area contributed by atoms with Crippen molar-refractivity contribution in [3.05, 3.63) is 102 Å². The summed E-state index contributed by atoms with van der Waals surface area (Å²) in [4.78, 5) is 4.75. The lowest BCUT2D eigenvalue weighted by Gasteiger charge is -2.21. The third kappa shape index (κ3) is 4.09. The monoisotopic (exact) mass is 431 g/mol. The first-order valence-corrected chi connectivity index (χ1v) is 11.5. The van der Waals surface area contributed by atoms with Crippen molar-refractivity contribution in [3.63, 3.8) is 0 Å². The summed E-state index contributed by atoms with van der Waals surface area (Å²) in [5.74, 6) is 0.900. The Kier molecular flexibility index (Phi) is 5.17. The van der Waals surface area contributed by atoms with Gasteiger partial charge in [0.15, 0.2) is 0 Å². The highest BCUT2D eigenvalue weighted by Crippen LogP contribution is 2.36. The fourth-order valence-corrected chi connectivity index (χ4v) is 4.49. The molecule has 0 saturated heterocycles. The highest BCUT2D eigenvalue weighted by atomic mass is 16.3. The van der Waals surface area contributed by atoms with E-state index in [1.807, 2.05) is 12.3 Å². The predicted molar refractivity (Wildman–Crippen MR) is 138 cm³/mol. The summed E-state index contributed by atoms with van der Waals surface area (Å²) >= 11 is 0. The van der Waals surface area contributed by atoms with Crippen LogP contribution in [0.25, 0.3) is 44.7 Å². The van der Waals surface area contributed by atoms with Gasteiger partial charge < -0.3 is 4.42 Å². The van der Waals surface area contributed by atoms with Crippen LogP contribution in [-0.2, 0) is 5.41 Å². The fraction of sp³-hybridized carbons (Fsp3) is 0.194. The first kappa shape index (κ1) is 21.2. The van der Waals surface area contributed by atoms with E-state index in [9.17, 15) is 0 Å². The van der Waals surface area contributed by atoms with Crippen LogP contribution in [0.1, 0.15) is 37.5 Å². The van der Waals surface area contributed by atoms with Gasteiger partial charge in [-0.2, -0.15) is 0 Å². The van der Waals surface area contributed by atoms with E-state index in [1.165, 1.54) is 33.4 Å². The highest BCUT2D eigenvalue weighted by molar-refractivity contribution is 5.86. The van der Waals surface area contributed by atoms with Gasteiger partial charge in [-0.3, -0.25) is 4.98 Å². The van der Waals surface area contributed by atoms with Gasteiger partial charge in [-0.05, 0) is 59.2 Å². The van der Waals surface area contributed by atoms with Gasteiger partial charge in [0, 0.05) is 28.8 Å². The molecule has 2 aromatic heterocycles. The Morgan fingerprint density at radius 3 is 2.06 bits per heavy atom. The number of aromatic nitrogens is 1. The minimum Gasteiger partial charge on any atom is -0.456 e. The second-order valence-electron chi connectivity index (χ2n) is 9.90. The normalized spacial score (nSPS) is 11.8. The summed E-state index contributed by atoms with van der Waals surface area (Å²) in [6.45, 7) is 11.1. The number of hydrogen-bond donors (Lipinski definition) is 0. The molecule has 2 nitrogen and oxygen atoms in total. The third-order valence-corrected chi connectivity index (χ3v) is 6.31. The van der Waals surface area contributed by atoms with E-state index in [4.69, 9.17) is 9.40 Å². The van der Waals surface area contributed by atoms with E-state index < -0.39 is 0 Å². The van der Waals surface area contributed by atoms with Gasteiger partial charge in [0.2, 0.25) is 0 Å². The Morgan fingerprint density at radius 2 is 1.36 bits per heavy atom. The first-order chi connectivity index (χ1) is 15.8. The zero-order chi connectivity index (χ0) is 23.2. The SMILES string of the molecule is Cc1cc(C(C)(C)C)cc(C)c1-c1cc2cnc(-c3cccc(-c4ccccc4)c3)cc2o1. The summed E-state index contributed by atoms with van der Waals surface area (Å²) in [5, 5.41) is 1.02. The van der Waals surface area contributed by atoms with E-state index in [2.05, 4.69) is 107 Å². The number of rotatable bonds is 3. The third-order valence-electron chi connectivity index (χ3n) is 6.31. The maximum atomic E-state index is 6.38. The molecule has 0 unspecified atom stereocenters. The van der Waals surface area contributed by atoms with Gasteiger partial charge >= 0.3 is 0 Å². The van der Waals surface area contributed by atoms with Crippen molar-refractivity contribution in [1.82, 2.24) is 4.98 Å². The Hall–Kier alpha value is -3.65. The van der Waals surface area contributed by atoms with Crippen molar-refractivity contribution in [2.75, 3.05) is 0 Å². The molecule has 0 spiro atoms. The van der Waals surface area contributed by atoms with E-state index in [0.29, 0.717) is 0 Å². The minimum atomic E-state index is 0.120. The van der Waals surface area contributed by atoms with Crippen molar-refractivity contribution < 1.29 is 4.42 Å². The van der Waals surface area contributed by atoms with Crippen molar-refractivity contribution in [1.29, 1.82) is 0 Å². The molecule has 0 amide bonds. The van der Waals surface area contributed by atoms with Gasteiger partial charge in [0.25, 0.3) is 0 Å². The topological polar surface area (TPSA) is 26.0 Å². The zero-order valence-corrected chi connectivity index (χ0v) is 19.9. The lowest BCUT2D eigenvalue weighted by Crippen LogP contribution is -2.12. The van der Waals surface area contributed by atoms with Crippen LogP contribution in [0.2, 0.25) is 0 Å². The maximum Gasteiger partial charge on any atom is 0.138 e. The molecule has 0 saturated carbocycles. The highest BCUT2D eigenvalue weighted by Gasteiger charge is 2.19. The quantitative estimate of drug-likeness (QED) is 0.285. The Balaban J connectivity index is 1.55. The van der Waals surface area contributed by atoms with Gasteiger partial charge in [-0.15, -0.1) is 0 Å². The van der Waals surface area contributed by atoms with Crippen LogP contribution in [0.3, 0.4) is 0 Å². The summed E-state index contributed by atoms with van der Waals surface area (Å²) in [5.41, 5.74) is 10.4. The molecular weight excluding hydrogens is 402 g/mol. The van der Waals surface area contributed by atoms with Crippen molar-refractivity contribution in [2.24, 2.45) is 0 Å². The second-order valence-corrected chi connectivity index (χ2v) is 9.90. The lowest BCUT2D eigenvalue weighted by atomic mass is 9.83. The second kappa shape index (κ2) is 8.04. The van der Waals surface area contributed by atoms with Crippen LogP contribution in [0, 0.1) is 13.8 Å². The molecular formula is C31H29NO. The molecule has 0 radical (unpaired) electrons.